The van der Waals surface area contributed by atoms with Crippen LogP contribution in [0.5, 0.6) is 5.75 Å². The molecule has 1 aliphatic rings. The molecule has 170 valence electrons. The summed E-state index contributed by atoms with van der Waals surface area (Å²) in [6.45, 7) is 2.03. The molecule has 0 N–H and O–H groups in total. The fourth-order valence-corrected chi connectivity index (χ4v) is 4.82. The van der Waals surface area contributed by atoms with Crippen LogP contribution in [-0.4, -0.2) is 29.5 Å². The molecule has 0 saturated carbocycles. The van der Waals surface area contributed by atoms with Crippen molar-refractivity contribution < 1.29 is 14.3 Å². The summed E-state index contributed by atoms with van der Waals surface area (Å²) in [5.41, 5.74) is 1.01. The lowest BCUT2D eigenvalue weighted by Gasteiger charge is -2.32. The molecule has 33 heavy (non-hydrogen) atoms. The molecule has 1 unspecified atom stereocenters. The van der Waals surface area contributed by atoms with Crippen LogP contribution in [0.4, 0.5) is 10.5 Å². The van der Waals surface area contributed by atoms with E-state index in [0.29, 0.717) is 27.9 Å². The molecule has 1 heterocycles. The van der Waals surface area contributed by atoms with Crippen molar-refractivity contribution in [3.05, 3.63) is 92.4 Å². The summed E-state index contributed by atoms with van der Waals surface area (Å²) in [5.74, 6) is 0.343. The van der Waals surface area contributed by atoms with Crippen molar-refractivity contribution >= 4 is 56.8 Å². The number of methoxy groups -OCH3 is 1. The first-order valence-electron chi connectivity index (χ1n) is 10.2. The van der Waals surface area contributed by atoms with Gasteiger partial charge >= 0.3 is 6.03 Å². The van der Waals surface area contributed by atoms with Crippen LogP contribution in [0.15, 0.2) is 71.2 Å². The highest BCUT2D eigenvalue weighted by molar-refractivity contribution is 9.10. The number of benzene rings is 3. The van der Waals surface area contributed by atoms with E-state index in [4.69, 9.17) is 27.9 Å². The number of ether oxygens (including phenoxy) is 1. The van der Waals surface area contributed by atoms with E-state index in [9.17, 15) is 9.59 Å². The Morgan fingerprint density at radius 1 is 0.939 bits per heavy atom. The highest BCUT2D eigenvalue weighted by atomic mass is 79.9. The van der Waals surface area contributed by atoms with Gasteiger partial charge in [-0.2, -0.15) is 0 Å². The lowest BCUT2D eigenvalue weighted by molar-refractivity contribution is -0.124. The van der Waals surface area contributed by atoms with E-state index >= 15 is 0 Å². The molecule has 1 atom stereocenters. The molecule has 5 nitrogen and oxygen atoms in total. The molecule has 4 rings (SSSR count). The first kappa shape index (κ1) is 23.6. The highest BCUT2D eigenvalue weighted by Gasteiger charge is 2.54. The van der Waals surface area contributed by atoms with E-state index in [1.807, 2.05) is 48.5 Å². The number of rotatable bonds is 6. The largest absolute Gasteiger partial charge is 0.497 e. The molecule has 1 fully saturated rings. The monoisotopic (exact) mass is 546 g/mol. The number of halogens is 3. The van der Waals surface area contributed by atoms with Crippen molar-refractivity contribution in [3.63, 3.8) is 0 Å². The van der Waals surface area contributed by atoms with Gasteiger partial charge in [-0.3, -0.25) is 4.79 Å². The number of anilines is 1. The van der Waals surface area contributed by atoms with E-state index in [1.165, 1.54) is 0 Å². The number of amides is 3. The topological polar surface area (TPSA) is 49.9 Å². The Hall–Kier alpha value is -2.54. The van der Waals surface area contributed by atoms with Gasteiger partial charge in [-0.15, -0.1) is 0 Å². The Morgan fingerprint density at radius 3 is 2.24 bits per heavy atom. The lowest BCUT2D eigenvalue weighted by Crippen LogP contribution is -2.48. The maximum atomic E-state index is 13.8. The summed E-state index contributed by atoms with van der Waals surface area (Å²) in [7, 11) is 1.59. The molecule has 0 aliphatic carbocycles. The third-order valence-corrected chi connectivity index (χ3v) is 6.69. The molecule has 1 aliphatic heterocycles. The number of hydrogen-bond donors (Lipinski definition) is 0. The summed E-state index contributed by atoms with van der Waals surface area (Å²) >= 11 is 15.8. The normalized spacial score (nSPS) is 18.2. The molecular weight excluding hydrogens is 527 g/mol. The second-order valence-electron chi connectivity index (χ2n) is 8.07. The minimum absolute atomic E-state index is 0.236. The Kier molecular flexibility index (Phi) is 6.71. The van der Waals surface area contributed by atoms with Crippen LogP contribution in [0.3, 0.4) is 0 Å². The van der Waals surface area contributed by atoms with E-state index in [2.05, 4.69) is 15.9 Å². The summed E-state index contributed by atoms with van der Waals surface area (Å²) in [6, 6.07) is 19.4. The molecule has 0 bridgehead atoms. The summed E-state index contributed by atoms with van der Waals surface area (Å²) in [4.78, 5) is 30.2. The molecule has 8 heteroatoms. The lowest BCUT2D eigenvalue weighted by atomic mass is 9.90. The van der Waals surface area contributed by atoms with Crippen molar-refractivity contribution in [1.82, 2.24) is 4.90 Å². The van der Waals surface area contributed by atoms with Crippen molar-refractivity contribution in [3.8, 4) is 5.75 Å². The second kappa shape index (κ2) is 9.37. The average Bonchev–Trinajstić information content (AvgIpc) is 2.95. The van der Waals surface area contributed by atoms with Crippen LogP contribution >= 0.6 is 39.1 Å². The summed E-state index contributed by atoms with van der Waals surface area (Å²) in [6.07, 6.45) is 0.347. The number of nitrogens with zero attached hydrogens (tertiary/aromatic N) is 2. The average molecular weight is 548 g/mol. The first-order chi connectivity index (χ1) is 15.7. The SMILES string of the molecule is COc1cccc(CN2C(=O)N(c3cc(Cl)cc(Cl)c3)C(=O)C2(C)Cc2ccc(Br)cc2)c1. The van der Waals surface area contributed by atoms with Crippen LogP contribution in [0.25, 0.3) is 0 Å². The van der Waals surface area contributed by atoms with Crippen LogP contribution in [0, 0.1) is 0 Å². The van der Waals surface area contributed by atoms with Gasteiger partial charge in [-0.25, -0.2) is 9.69 Å². The van der Waals surface area contributed by atoms with Crippen LogP contribution < -0.4 is 9.64 Å². The standard InChI is InChI=1S/C25H21BrCl2N2O3/c1-25(14-16-6-8-18(26)9-7-16)23(31)30(21-12-19(27)11-20(28)13-21)24(32)29(25)15-17-4-3-5-22(10-17)33-2/h3-13H,14-15H2,1-2H3. The van der Waals surface area contributed by atoms with Crippen molar-refractivity contribution in [2.45, 2.75) is 25.4 Å². The van der Waals surface area contributed by atoms with E-state index in [-0.39, 0.29) is 12.5 Å². The number of carbonyl (C=O) groups excluding carboxylic acids is 2. The van der Waals surface area contributed by atoms with Crippen molar-refractivity contribution in [1.29, 1.82) is 0 Å². The van der Waals surface area contributed by atoms with Gasteiger partial charge in [-0.1, -0.05) is 63.4 Å². The molecule has 3 aromatic carbocycles. The molecule has 3 aromatic rings. The predicted octanol–water partition coefficient (Wildman–Crippen LogP) is 6.73. The molecule has 1 saturated heterocycles. The maximum Gasteiger partial charge on any atom is 0.332 e. The fraction of sp³-hybridized carbons (Fsp3) is 0.200. The maximum absolute atomic E-state index is 13.8. The highest BCUT2D eigenvalue weighted by Crippen LogP contribution is 2.38. The van der Waals surface area contributed by atoms with Gasteiger partial charge in [0.1, 0.15) is 11.3 Å². The van der Waals surface area contributed by atoms with Gasteiger partial charge in [-0.05, 0) is 60.5 Å². The number of urea groups is 1. The Morgan fingerprint density at radius 2 is 1.61 bits per heavy atom. The second-order valence-corrected chi connectivity index (χ2v) is 9.85. The Balaban J connectivity index is 1.77. The summed E-state index contributed by atoms with van der Waals surface area (Å²) in [5, 5.41) is 0.693. The zero-order chi connectivity index (χ0) is 23.8. The van der Waals surface area contributed by atoms with Crippen LogP contribution in [-0.2, 0) is 17.8 Å². The van der Waals surface area contributed by atoms with Gasteiger partial charge in [0.05, 0.1) is 12.8 Å². The summed E-state index contributed by atoms with van der Waals surface area (Å²) < 4.78 is 6.27. The smallest absolute Gasteiger partial charge is 0.332 e. The quantitative estimate of drug-likeness (QED) is 0.321. The van der Waals surface area contributed by atoms with Gasteiger partial charge in [0, 0.05) is 27.5 Å². The fourth-order valence-electron chi connectivity index (χ4n) is 4.04. The predicted molar refractivity (Wildman–Crippen MR) is 134 cm³/mol. The minimum atomic E-state index is -1.12. The van der Waals surface area contributed by atoms with Crippen LogP contribution in [0.2, 0.25) is 10.0 Å². The van der Waals surface area contributed by atoms with Crippen LogP contribution in [0.1, 0.15) is 18.1 Å². The molecule has 0 spiro atoms. The zero-order valence-corrected chi connectivity index (χ0v) is 21.1. The Bertz CT molecular complexity index is 1200. The number of imide groups is 1. The van der Waals surface area contributed by atoms with Gasteiger partial charge < -0.3 is 9.64 Å². The molecule has 0 radical (unpaired) electrons. The zero-order valence-electron chi connectivity index (χ0n) is 18.0. The number of carbonyl (C=O) groups is 2. The Labute approximate surface area is 211 Å². The third kappa shape index (κ3) is 4.74. The third-order valence-electron chi connectivity index (χ3n) is 5.72. The molecule has 0 aromatic heterocycles. The molecular formula is C25H21BrCl2N2O3. The van der Waals surface area contributed by atoms with E-state index in [0.717, 1.165) is 20.5 Å². The van der Waals surface area contributed by atoms with Gasteiger partial charge in [0.2, 0.25) is 0 Å². The van der Waals surface area contributed by atoms with Gasteiger partial charge in [0.15, 0.2) is 0 Å². The molecule has 3 amide bonds. The minimum Gasteiger partial charge on any atom is -0.497 e. The first-order valence-corrected chi connectivity index (χ1v) is 11.8. The van der Waals surface area contributed by atoms with Crippen molar-refractivity contribution in [2.75, 3.05) is 12.0 Å². The van der Waals surface area contributed by atoms with Gasteiger partial charge in [0.25, 0.3) is 5.91 Å². The van der Waals surface area contributed by atoms with Crippen molar-refractivity contribution in [2.24, 2.45) is 0 Å². The van der Waals surface area contributed by atoms with E-state index < -0.39 is 11.6 Å². The number of hydrogen-bond acceptors (Lipinski definition) is 3. The van der Waals surface area contributed by atoms with E-state index in [1.54, 1.807) is 37.1 Å².